The molecule has 2 saturated heterocycles. The Morgan fingerprint density at radius 3 is 2.72 bits per heavy atom. The summed E-state index contributed by atoms with van der Waals surface area (Å²) in [5, 5.41) is 9.23. The van der Waals surface area contributed by atoms with Crippen molar-refractivity contribution < 1.29 is 19.5 Å². The number of carbonyl (C=O) groups is 3. The number of carbonyl (C=O) groups excluding carboxylic acids is 2. The fraction of sp³-hybridized carbons (Fsp3) is 0.500. The first-order valence-electron chi connectivity index (χ1n) is 8.45. The summed E-state index contributed by atoms with van der Waals surface area (Å²) in [5.41, 5.74) is 1.58. The van der Waals surface area contributed by atoms with E-state index in [1.807, 2.05) is 32.0 Å². The predicted octanol–water partition coefficient (Wildman–Crippen LogP) is 2.11. The molecule has 25 heavy (non-hydrogen) atoms. The van der Waals surface area contributed by atoms with Crippen LogP contribution in [0.5, 0.6) is 0 Å². The predicted molar refractivity (Wildman–Crippen MR) is 93.2 cm³/mol. The van der Waals surface area contributed by atoms with E-state index in [4.69, 9.17) is 0 Å². The molecule has 2 amide bonds. The third kappa shape index (κ3) is 2.28. The van der Waals surface area contributed by atoms with E-state index in [9.17, 15) is 19.5 Å². The molecule has 0 radical (unpaired) electrons. The largest absolute Gasteiger partial charge is 0.480 e. The number of rotatable bonds is 2. The zero-order chi connectivity index (χ0) is 17.9. The highest BCUT2D eigenvalue weighted by molar-refractivity contribution is 8.01. The highest BCUT2D eigenvalue weighted by Gasteiger charge is 2.58. The van der Waals surface area contributed by atoms with Crippen LogP contribution in [-0.2, 0) is 9.59 Å². The topological polar surface area (TPSA) is 77.9 Å². The first-order valence-corrected chi connectivity index (χ1v) is 9.33. The number of likely N-dealkylation sites (tertiary alicyclic amines) is 1. The average molecular weight is 360 g/mol. The quantitative estimate of drug-likeness (QED) is 0.874. The number of nitrogens with zero attached hydrogens (tertiary/aromatic N) is 2. The first kappa shape index (κ1) is 16.4. The number of carboxylic acid groups (broad SMARTS) is 1. The van der Waals surface area contributed by atoms with Crippen molar-refractivity contribution in [2.24, 2.45) is 0 Å². The van der Waals surface area contributed by atoms with E-state index in [1.165, 1.54) is 4.90 Å². The molecular formula is C18H20N2O4S. The van der Waals surface area contributed by atoms with Crippen molar-refractivity contribution in [1.82, 2.24) is 9.80 Å². The second-order valence-corrected chi connectivity index (χ2v) is 9.04. The van der Waals surface area contributed by atoms with Crippen LogP contribution in [0.3, 0.4) is 0 Å². The Kier molecular flexibility index (Phi) is 3.61. The van der Waals surface area contributed by atoms with Crippen molar-refractivity contribution in [3.63, 3.8) is 0 Å². The van der Waals surface area contributed by atoms with E-state index in [0.29, 0.717) is 24.9 Å². The van der Waals surface area contributed by atoms with Crippen LogP contribution in [0.25, 0.3) is 0 Å². The van der Waals surface area contributed by atoms with Crippen molar-refractivity contribution in [2.45, 2.75) is 48.9 Å². The zero-order valence-corrected chi connectivity index (χ0v) is 15.0. The van der Waals surface area contributed by atoms with Crippen LogP contribution in [0.1, 0.15) is 48.0 Å². The lowest BCUT2D eigenvalue weighted by molar-refractivity contribution is -0.150. The molecule has 0 saturated carbocycles. The maximum absolute atomic E-state index is 13.3. The second kappa shape index (κ2) is 5.49. The van der Waals surface area contributed by atoms with Gasteiger partial charge >= 0.3 is 5.97 Å². The van der Waals surface area contributed by atoms with Gasteiger partial charge in [0.1, 0.15) is 17.5 Å². The van der Waals surface area contributed by atoms with Crippen LogP contribution in [-0.4, -0.2) is 56.1 Å². The summed E-state index contributed by atoms with van der Waals surface area (Å²) in [5.74, 6) is -1.35. The number of carboxylic acids is 1. The molecule has 3 heterocycles. The molecule has 0 aromatic heterocycles. The van der Waals surface area contributed by atoms with Crippen molar-refractivity contribution >= 4 is 29.5 Å². The molecule has 4 rings (SSSR count). The molecule has 3 aliphatic heterocycles. The number of amides is 2. The molecule has 1 N–H and O–H groups in total. The molecule has 1 unspecified atom stereocenters. The zero-order valence-electron chi connectivity index (χ0n) is 14.1. The number of hydrogen-bond donors (Lipinski definition) is 1. The van der Waals surface area contributed by atoms with E-state index >= 15 is 0 Å². The monoisotopic (exact) mass is 360 g/mol. The Bertz CT molecular complexity index is 778. The molecular weight excluding hydrogens is 340 g/mol. The van der Waals surface area contributed by atoms with Gasteiger partial charge in [0.25, 0.3) is 5.91 Å². The number of benzene rings is 1. The molecule has 3 aliphatic rings. The van der Waals surface area contributed by atoms with Crippen LogP contribution < -0.4 is 0 Å². The van der Waals surface area contributed by atoms with Gasteiger partial charge in [-0.05, 0) is 38.3 Å². The van der Waals surface area contributed by atoms with Gasteiger partial charge in [-0.1, -0.05) is 18.2 Å². The molecule has 1 aromatic carbocycles. The molecule has 2 fully saturated rings. The molecule has 1 aromatic rings. The minimum Gasteiger partial charge on any atom is -0.480 e. The van der Waals surface area contributed by atoms with Gasteiger partial charge in [0.2, 0.25) is 5.91 Å². The summed E-state index contributed by atoms with van der Waals surface area (Å²) < 4.78 is -0.476. The van der Waals surface area contributed by atoms with Crippen molar-refractivity contribution in [3.05, 3.63) is 35.4 Å². The van der Waals surface area contributed by atoms with Crippen LogP contribution in [0.4, 0.5) is 0 Å². The lowest BCUT2D eigenvalue weighted by atomic mass is 9.99. The number of thioether (sulfide) groups is 1. The molecule has 7 heteroatoms. The smallest absolute Gasteiger partial charge is 0.326 e. The maximum Gasteiger partial charge on any atom is 0.326 e. The summed E-state index contributed by atoms with van der Waals surface area (Å²) >= 11 is 1.60. The summed E-state index contributed by atoms with van der Waals surface area (Å²) in [6, 6.07) is 6.02. The van der Waals surface area contributed by atoms with Crippen LogP contribution in [0.15, 0.2) is 24.3 Å². The van der Waals surface area contributed by atoms with Gasteiger partial charge in [0.15, 0.2) is 0 Å². The lowest BCUT2D eigenvalue weighted by Crippen LogP contribution is -2.55. The minimum absolute atomic E-state index is 0.136. The van der Waals surface area contributed by atoms with Gasteiger partial charge in [-0.2, -0.15) is 0 Å². The number of fused-ring (bicyclic) bond motifs is 3. The van der Waals surface area contributed by atoms with Crippen molar-refractivity contribution in [1.29, 1.82) is 0 Å². The summed E-state index contributed by atoms with van der Waals surface area (Å²) in [7, 11) is 0. The first-order chi connectivity index (χ1) is 11.8. The molecule has 0 aliphatic carbocycles. The van der Waals surface area contributed by atoms with E-state index in [-0.39, 0.29) is 17.2 Å². The van der Waals surface area contributed by atoms with Crippen LogP contribution in [0.2, 0.25) is 0 Å². The number of hydrogen-bond acceptors (Lipinski definition) is 4. The highest BCUT2D eigenvalue weighted by Crippen LogP contribution is 2.57. The van der Waals surface area contributed by atoms with Gasteiger partial charge in [-0.25, -0.2) is 4.79 Å². The Balaban J connectivity index is 1.71. The SMILES string of the molecule is CC1(C)SC2c3ccccc3C(=O)N2[C@@H]1C(=O)N1CCC[C@@H]1C(=O)O. The molecule has 3 atom stereocenters. The fourth-order valence-electron chi connectivity index (χ4n) is 4.22. The van der Waals surface area contributed by atoms with E-state index in [2.05, 4.69) is 0 Å². The molecule has 0 bridgehead atoms. The summed E-state index contributed by atoms with van der Waals surface area (Å²) in [6.45, 7) is 4.35. The average Bonchev–Trinajstić information content (AvgIpc) is 3.21. The third-order valence-electron chi connectivity index (χ3n) is 5.35. The maximum atomic E-state index is 13.3. The van der Waals surface area contributed by atoms with Gasteiger partial charge in [-0.3, -0.25) is 9.59 Å². The highest BCUT2D eigenvalue weighted by atomic mass is 32.2. The molecule has 0 spiro atoms. The Morgan fingerprint density at radius 1 is 1.28 bits per heavy atom. The Morgan fingerprint density at radius 2 is 2.00 bits per heavy atom. The van der Waals surface area contributed by atoms with Crippen molar-refractivity contribution in [3.8, 4) is 0 Å². The second-order valence-electron chi connectivity index (χ2n) is 7.30. The lowest BCUT2D eigenvalue weighted by Gasteiger charge is -2.34. The van der Waals surface area contributed by atoms with E-state index in [0.717, 1.165) is 5.56 Å². The Hall–Kier alpha value is -2.02. The van der Waals surface area contributed by atoms with Gasteiger partial charge in [-0.15, -0.1) is 11.8 Å². The number of aliphatic carboxylic acids is 1. The van der Waals surface area contributed by atoms with Gasteiger partial charge < -0.3 is 14.9 Å². The van der Waals surface area contributed by atoms with E-state index in [1.54, 1.807) is 22.7 Å². The van der Waals surface area contributed by atoms with Crippen molar-refractivity contribution in [2.75, 3.05) is 6.54 Å². The van der Waals surface area contributed by atoms with Crippen LogP contribution in [0, 0.1) is 0 Å². The third-order valence-corrected chi connectivity index (χ3v) is 6.89. The van der Waals surface area contributed by atoms with Gasteiger partial charge in [0, 0.05) is 16.9 Å². The van der Waals surface area contributed by atoms with Crippen LogP contribution >= 0.6 is 11.8 Å². The fourth-order valence-corrected chi connectivity index (χ4v) is 5.81. The molecule has 132 valence electrons. The summed E-state index contributed by atoms with van der Waals surface area (Å²) in [6.07, 6.45) is 1.15. The Labute approximate surface area is 150 Å². The molecule has 6 nitrogen and oxygen atoms in total. The minimum atomic E-state index is -0.970. The van der Waals surface area contributed by atoms with Gasteiger partial charge in [0.05, 0.1) is 0 Å². The standard InChI is InChI=1S/C18H20N2O4S/c1-18(2)13(15(22)19-9-5-8-12(19)17(23)24)20-14(21)10-6-3-4-7-11(10)16(20)25-18/h3-4,6-7,12-13,16H,5,8-9H2,1-2H3,(H,23,24)/t12-,13-,16?/m1/s1. The normalized spacial score (nSPS) is 29.7. The van der Waals surface area contributed by atoms with E-state index < -0.39 is 22.8 Å². The summed E-state index contributed by atoms with van der Waals surface area (Å²) in [4.78, 5) is 40.8.